The van der Waals surface area contributed by atoms with E-state index in [1.54, 1.807) is 6.33 Å². The lowest BCUT2D eigenvalue weighted by molar-refractivity contribution is -0.0228. The van der Waals surface area contributed by atoms with Gasteiger partial charge in [0.15, 0.2) is 0 Å². The fourth-order valence-corrected chi connectivity index (χ4v) is 1.57. The predicted octanol–water partition coefficient (Wildman–Crippen LogP) is 1.83. The highest BCUT2D eigenvalue weighted by atomic mass is 35.5. The highest BCUT2D eigenvalue weighted by Gasteiger charge is 2.19. The van der Waals surface area contributed by atoms with E-state index in [2.05, 4.69) is 10.2 Å². The number of nitrogens with zero attached hydrogens (tertiary/aromatic N) is 3. The molecule has 0 aliphatic heterocycles. The van der Waals surface area contributed by atoms with Gasteiger partial charge in [-0.05, 0) is 20.8 Å². The van der Waals surface area contributed by atoms with Crippen LogP contribution in [0.2, 0.25) is 0 Å². The van der Waals surface area contributed by atoms with Gasteiger partial charge < -0.3 is 9.30 Å². The lowest BCUT2D eigenvalue weighted by Gasteiger charge is -2.25. The van der Waals surface area contributed by atoms with Crippen LogP contribution in [-0.4, -0.2) is 27.0 Å². The first-order chi connectivity index (χ1) is 6.59. The second-order valence-corrected chi connectivity index (χ2v) is 3.97. The van der Waals surface area contributed by atoms with Crippen LogP contribution in [0.1, 0.15) is 26.6 Å². The first-order valence-corrected chi connectivity index (χ1v) is 5.19. The Morgan fingerprint density at radius 2 is 2.29 bits per heavy atom. The van der Waals surface area contributed by atoms with Crippen LogP contribution in [0.5, 0.6) is 0 Å². The molecule has 4 nitrogen and oxygen atoms in total. The molecule has 0 atom stereocenters. The number of rotatable bonds is 5. The highest BCUT2D eigenvalue weighted by molar-refractivity contribution is 6.16. The van der Waals surface area contributed by atoms with Crippen molar-refractivity contribution in [3.8, 4) is 0 Å². The van der Waals surface area contributed by atoms with Gasteiger partial charge in [0.1, 0.15) is 12.2 Å². The summed E-state index contributed by atoms with van der Waals surface area (Å²) < 4.78 is 7.50. The van der Waals surface area contributed by atoms with Crippen molar-refractivity contribution >= 4 is 11.6 Å². The number of halogens is 1. The second kappa shape index (κ2) is 4.75. The Labute approximate surface area is 89.2 Å². The van der Waals surface area contributed by atoms with E-state index in [1.807, 2.05) is 25.3 Å². The summed E-state index contributed by atoms with van der Waals surface area (Å²) in [6.45, 7) is 7.47. The Balaban J connectivity index is 2.67. The fraction of sp³-hybridized carbons (Fsp3) is 0.778. The zero-order chi connectivity index (χ0) is 10.6. The standard InChI is InChI=1S/C9H16ClN3O/c1-4-14-9(2,3)6-13-7-11-12-8(13)5-10/h7H,4-6H2,1-3H3. The first-order valence-electron chi connectivity index (χ1n) is 4.65. The van der Waals surface area contributed by atoms with Gasteiger partial charge in [0.2, 0.25) is 0 Å². The lowest BCUT2D eigenvalue weighted by Crippen LogP contribution is -2.30. The summed E-state index contributed by atoms with van der Waals surface area (Å²) in [7, 11) is 0. The van der Waals surface area contributed by atoms with Crippen LogP contribution in [0.15, 0.2) is 6.33 Å². The van der Waals surface area contributed by atoms with E-state index >= 15 is 0 Å². The number of alkyl halides is 1. The SMILES string of the molecule is CCOC(C)(C)Cn1cnnc1CCl. The Hall–Kier alpha value is -0.610. The van der Waals surface area contributed by atoms with E-state index in [1.165, 1.54) is 0 Å². The van der Waals surface area contributed by atoms with E-state index in [-0.39, 0.29) is 5.60 Å². The maximum Gasteiger partial charge on any atom is 0.147 e. The molecule has 80 valence electrons. The summed E-state index contributed by atoms with van der Waals surface area (Å²) in [5.74, 6) is 1.15. The van der Waals surface area contributed by atoms with Gasteiger partial charge in [0.05, 0.1) is 18.0 Å². The second-order valence-electron chi connectivity index (χ2n) is 3.70. The zero-order valence-electron chi connectivity index (χ0n) is 8.83. The first kappa shape index (κ1) is 11.5. The van der Waals surface area contributed by atoms with E-state index in [9.17, 15) is 0 Å². The molecular formula is C9H16ClN3O. The van der Waals surface area contributed by atoms with Crippen molar-refractivity contribution in [2.75, 3.05) is 6.61 Å². The minimum Gasteiger partial charge on any atom is -0.374 e. The van der Waals surface area contributed by atoms with Gasteiger partial charge in [-0.2, -0.15) is 0 Å². The average molecular weight is 218 g/mol. The number of ether oxygens (including phenoxy) is 1. The van der Waals surface area contributed by atoms with Crippen molar-refractivity contribution in [3.05, 3.63) is 12.2 Å². The number of hydrogen-bond acceptors (Lipinski definition) is 3. The molecule has 0 amide bonds. The maximum atomic E-state index is 5.72. The molecule has 1 aromatic rings. The summed E-state index contributed by atoms with van der Waals surface area (Å²) in [6, 6.07) is 0. The fourth-order valence-electron chi connectivity index (χ4n) is 1.36. The number of hydrogen-bond donors (Lipinski definition) is 0. The molecule has 1 rings (SSSR count). The van der Waals surface area contributed by atoms with E-state index in [0.717, 1.165) is 12.4 Å². The topological polar surface area (TPSA) is 39.9 Å². The Kier molecular flexibility index (Phi) is 3.89. The van der Waals surface area contributed by atoms with Gasteiger partial charge in [-0.25, -0.2) is 0 Å². The third-order valence-corrected chi connectivity index (χ3v) is 2.14. The Morgan fingerprint density at radius 3 is 2.86 bits per heavy atom. The van der Waals surface area contributed by atoms with Crippen LogP contribution in [0.25, 0.3) is 0 Å². The molecular weight excluding hydrogens is 202 g/mol. The van der Waals surface area contributed by atoms with Crippen LogP contribution < -0.4 is 0 Å². The van der Waals surface area contributed by atoms with E-state index < -0.39 is 0 Å². The summed E-state index contributed by atoms with van der Waals surface area (Å²) >= 11 is 5.72. The minimum atomic E-state index is -0.210. The molecule has 0 aliphatic carbocycles. The molecule has 5 heteroatoms. The normalized spacial score (nSPS) is 12.0. The highest BCUT2D eigenvalue weighted by Crippen LogP contribution is 2.13. The van der Waals surface area contributed by atoms with Crippen LogP contribution in [-0.2, 0) is 17.2 Å². The van der Waals surface area contributed by atoms with Crippen LogP contribution >= 0.6 is 11.6 Å². The molecule has 0 bridgehead atoms. The third kappa shape index (κ3) is 2.96. The zero-order valence-corrected chi connectivity index (χ0v) is 9.58. The lowest BCUT2D eigenvalue weighted by atomic mass is 10.1. The van der Waals surface area contributed by atoms with Gasteiger partial charge in [-0.15, -0.1) is 21.8 Å². The van der Waals surface area contributed by atoms with Gasteiger partial charge in [-0.1, -0.05) is 0 Å². The molecule has 1 aromatic heterocycles. The summed E-state index contributed by atoms with van der Waals surface area (Å²) in [6.07, 6.45) is 1.68. The molecule has 0 saturated heterocycles. The van der Waals surface area contributed by atoms with Crippen LogP contribution in [0.3, 0.4) is 0 Å². The van der Waals surface area contributed by atoms with Crippen molar-refractivity contribution < 1.29 is 4.74 Å². The predicted molar refractivity (Wildman–Crippen MR) is 55.3 cm³/mol. The molecule has 0 fully saturated rings. The molecule has 0 spiro atoms. The smallest absolute Gasteiger partial charge is 0.147 e. The van der Waals surface area contributed by atoms with Gasteiger partial charge in [-0.3, -0.25) is 0 Å². The van der Waals surface area contributed by atoms with E-state index in [4.69, 9.17) is 16.3 Å². The summed E-state index contributed by atoms with van der Waals surface area (Å²) in [4.78, 5) is 0. The van der Waals surface area contributed by atoms with Gasteiger partial charge in [0.25, 0.3) is 0 Å². The summed E-state index contributed by atoms with van der Waals surface area (Å²) in [5.41, 5.74) is -0.210. The quantitative estimate of drug-likeness (QED) is 0.707. The average Bonchev–Trinajstić information content (AvgIpc) is 2.50. The van der Waals surface area contributed by atoms with Crippen molar-refractivity contribution in [1.29, 1.82) is 0 Å². The third-order valence-electron chi connectivity index (χ3n) is 1.90. The molecule has 0 unspecified atom stereocenters. The van der Waals surface area contributed by atoms with Crippen molar-refractivity contribution in [2.45, 2.75) is 38.8 Å². The molecule has 0 aromatic carbocycles. The molecule has 0 N–H and O–H groups in total. The Bertz CT molecular complexity index is 285. The molecule has 0 radical (unpaired) electrons. The van der Waals surface area contributed by atoms with Gasteiger partial charge >= 0.3 is 0 Å². The van der Waals surface area contributed by atoms with Crippen LogP contribution in [0.4, 0.5) is 0 Å². The van der Waals surface area contributed by atoms with Crippen molar-refractivity contribution in [2.24, 2.45) is 0 Å². The monoisotopic (exact) mass is 217 g/mol. The van der Waals surface area contributed by atoms with Crippen LogP contribution in [0, 0.1) is 0 Å². The molecule has 0 aliphatic rings. The van der Waals surface area contributed by atoms with Crippen molar-refractivity contribution in [3.63, 3.8) is 0 Å². The minimum absolute atomic E-state index is 0.210. The maximum absolute atomic E-state index is 5.72. The number of aromatic nitrogens is 3. The Morgan fingerprint density at radius 1 is 1.57 bits per heavy atom. The van der Waals surface area contributed by atoms with Gasteiger partial charge in [0, 0.05) is 6.61 Å². The largest absolute Gasteiger partial charge is 0.374 e. The molecule has 0 saturated carbocycles. The van der Waals surface area contributed by atoms with Crippen molar-refractivity contribution in [1.82, 2.24) is 14.8 Å². The summed E-state index contributed by atoms with van der Waals surface area (Å²) in [5, 5.41) is 7.71. The molecule has 14 heavy (non-hydrogen) atoms. The van der Waals surface area contributed by atoms with E-state index in [0.29, 0.717) is 12.5 Å². The molecule has 1 heterocycles.